The molecule has 0 N–H and O–H groups in total. The summed E-state index contributed by atoms with van der Waals surface area (Å²) in [4.78, 5) is 15.5. The van der Waals surface area contributed by atoms with Crippen LogP contribution in [0.1, 0.15) is 19.4 Å². The van der Waals surface area contributed by atoms with Crippen LogP contribution in [-0.4, -0.2) is 41.8 Å². The van der Waals surface area contributed by atoms with Gasteiger partial charge in [0.05, 0.1) is 0 Å². The summed E-state index contributed by atoms with van der Waals surface area (Å²) in [5, 5.41) is 0. The molecule has 2 aliphatic rings. The predicted molar refractivity (Wildman–Crippen MR) is 160 cm³/mol. The SMILES string of the molecule is CC(C)[C@H]1C(=O)N2C/C(=[CH]\[Sn]([c]3ccccc3)([c]3ccccc3)[c]3ccccc3)[C@H](Cc3ccccc3)[C@@H]12. The Morgan fingerprint density at radius 1 is 0.737 bits per heavy atom. The average molecular weight is 604 g/mol. The van der Waals surface area contributed by atoms with Crippen molar-refractivity contribution >= 4 is 35.0 Å². The van der Waals surface area contributed by atoms with E-state index in [1.165, 1.54) is 21.9 Å². The monoisotopic (exact) mass is 605 g/mol. The molecule has 0 aromatic heterocycles. The van der Waals surface area contributed by atoms with Crippen molar-refractivity contribution in [3.63, 3.8) is 0 Å². The van der Waals surface area contributed by atoms with Crippen molar-refractivity contribution < 1.29 is 4.79 Å². The molecule has 190 valence electrons. The van der Waals surface area contributed by atoms with E-state index in [-0.39, 0.29) is 5.92 Å². The number of hydrogen-bond acceptors (Lipinski definition) is 1. The summed E-state index contributed by atoms with van der Waals surface area (Å²) >= 11 is -3.62. The molecule has 1 amide bonds. The minimum atomic E-state index is -3.62. The van der Waals surface area contributed by atoms with E-state index in [1.54, 1.807) is 0 Å². The Hall–Kier alpha value is -3.11. The van der Waals surface area contributed by atoms with Gasteiger partial charge in [-0.15, -0.1) is 0 Å². The quantitative estimate of drug-likeness (QED) is 0.216. The maximum absolute atomic E-state index is 13.3. The third kappa shape index (κ3) is 4.33. The molecule has 2 fully saturated rings. The first-order valence-corrected chi connectivity index (χ1v) is 19.7. The van der Waals surface area contributed by atoms with Crippen LogP contribution in [0.4, 0.5) is 0 Å². The molecule has 38 heavy (non-hydrogen) atoms. The van der Waals surface area contributed by atoms with Crippen LogP contribution < -0.4 is 10.7 Å². The number of nitrogens with zero attached hydrogens (tertiary/aromatic N) is 1. The first-order valence-electron chi connectivity index (χ1n) is 13.8. The van der Waals surface area contributed by atoms with Gasteiger partial charge in [-0.2, -0.15) is 0 Å². The molecule has 2 saturated heterocycles. The van der Waals surface area contributed by atoms with E-state index in [0.29, 0.717) is 23.8 Å². The molecule has 4 aromatic rings. The van der Waals surface area contributed by atoms with Crippen LogP contribution in [0.2, 0.25) is 0 Å². The van der Waals surface area contributed by atoms with Crippen LogP contribution in [0.15, 0.2) is 131 Å². The van der Waals surface area contributed by atoms with Gasteiger partial charge in [0, 0.05) is 0 Å². The molecule has 0 aliphatic carbocycles. The van der Waals surface area contributed by atoms with Gasteiger partial charge in [-0.25, -0.2) is 0 Å². The fraction of sp³-hybridized carbons (Fsp3) is 0.229. The second-order valence-corrected chi connectivity index (χ2v) is 21.5. The molecule has 3 heteroatoms. The summed E-state index contributed by atoms with van der Waals surface area (Å²) in [5.41, 5.74) is 2.81. The van der Waals surface area contributed by atoms with Crippen LogP contribution >= 0.6 is 0 Å². The van der Waals surface area contributed by atoms with E-state index in [2.05, 4.69) is 144 Å². The summed E-state index contributed by atoms with van der Waals surface area (Å²) in [6, 6.07) is 44.7. The van der Waals surface area contributed by atoms with Gasteiger partial charge in [0.2, 0.25) is 0 Å². The van der Waals surface area contributed by atoms with Crippen LogP contribution in [-0.2, 0) is 11.2 Å². The minimum absolute atomic E-state index is 0.115. The van der Waals surface area contributed by atoms with Crippen molar-refractivity contribution in [3.05, 3.63) is 137 Å². The van der Waals surface area contributed by atoms with Crippen molar-refractivity contribution in [3.8, 4) is 0 Å². The van der Waals surface area contributed by atoms with Crippen molar-refractivity contribution in [2.45, 2.75) is 26.3 Å². The molecule has 0 unspecified atom stereocenters. The van der Waals surface area contributed by atoms with Gasteiger partial charge in [-0.1, -0.05) is 0 Å². The van der Waals surface area contributed by atoms with Crippen molar-refractivity contribution in [1.29, 1.82) is 0 Å². The topological polar surface area (TPSA) is 20.3 Å². The number of β-lactam (4-membered cyclic amide) rings is 1. The Bertz CT molecular complexity index is 1320. The van der Waals surface area contributed by atoms with Gasteiger partial charge < -0.3 is 0 Å². The summed E-state index contributed by atoms with van der Waals surface area (Å²) < 4.78 is 7.08. The van der Waals surface area contributed by atoms with E-state index in [1.807, 2.05) is 0 Å². The Morgan fingerprint density at radius 3 is 1.63 bits per heavy atom. The first kappa shape index (κ1) is 25.2. The van der Waals surface area contributed by atoms with Crippen molar-refractivity contribution in [2.24, 2.45) is 17.8 Å². The van der Waals surface area contributed by atoms with Crippen LogP contribution in [0.3, 0.4) is 0 Å². The first-order chi connectivity index (χ1) is 18.6. The van der Waals surface area contributed by atoms with Gasteiger partial charge in [0.25, 0.3) is 0 Å². The molecule has 4 aromatic carbocycles. The van der Waals surface area contributed by atoms with Gasteiger partial charge >= 0.3 is 232 Å². The molecule has 0 spiro atoms. The number of fused-ring (bicyclic) bond motifs is 1. The van der Waals surface area contributed by atoms with Crippen LogP contribution in [0, 0.1) is 17.8 Å². The number of carbonyl (C=O) groups excluding carboxylic acids is 1. The normalized spacial score (nSPS) is 22.0. The second kappa shape index (κ2) is 10.6. The summed E-state index contributed by atoms with van der Waals surface area (Å²) in [7, 11) is 0. The standard InChI is InChI=1S/C17H20NO.3C6H5.Sn/c1-11(2)15-16-14(9-13-7-5-4-6-8-13)12(3)10-18(16)17(15)19;3*1-2-4-6-5-3-1;/h3-8,11,14-16H,9-10H2,1-2H3;3*1-5H;/t14-,15+,16-;;;;/m0..../s1. The van der Waals surface area contributed by atoms with E-state index in [9.17, 15) is 4.79 Å². The third-order valence-corrected chi connectivity index (χ3v) is 21.6. The number of rotatable bonds is 7. The molecule has 2 nitrogen and oxygen atoms in total. The van der Waals surface area contributed by atoms with Gasteiger partial charge in [0.1, 0.15) is 0 Å². The Morgan fingerprint density at radius 2 is 1.18 bits per heavy atom. The molecular weight excluding hydrogens is 569 g/mol. The van der Waals surface area contributed by atoms with E-state index < -0.39 is 18.4 Å². The van der Waals surface area contributed by atoms with Gasteiger partial charge in [-0.05, 0) is 0 Å². The molecule has 6 rings (SSSR count). The van der Waals surface area contributed by atoms with Crippen molar-refractivity contribution in [1.82, 2.24) is 4.90 Å². The average Bonchev–Trinajstić information content (AvgIpc) is 3.25. The summed E-state index contributed by atoms with van der Waals surface area (Å²) in [6.07, 6.45) is 0.977. The Balaban J connectivity index is 1.57. The third-order valence-electron chi connectivity index (χ3n) is 8.64. The Labute approximate surface area is 230 Å². The molecule has 0 bridgehead atoms. The van der Waals surface area contributed by atoms with Crippen LogP contribution in [0.5, 0.6) is 0 Å². The van der Waals surface area contributed by atoms with E-state index in [0.717, 1.165) is 13.0 Å². The molecule has 3 atom stereocenters. The van der Waals surface area contributed by atoms with Crippen LogP contribution in [0.25, 0.3) is 0 Å². The summed E-state index contributed by atoms with van der Waals surface area (Å²) in [5.74, 6) is 1.15. The second-order valence-electron chi connectivity index (χ2n) is 11.1. The number of hydrogen-bond donors (Lipinski definition) is 0. The number of benzene rings is 4. The molecule has 2 aliphatic heterocycles. The zero-order chi connectivity index (χ0) is 26.1. The fourth-order valence-corrected chi connectivity index (χ4v) is 19.8. The molecular formula is C35H35NOSn. The van der Waals surface area contributed by atoms with Crippen molar-refractivity contribution in [2.75, 3.05) is 6.54 Å². The Kier molecular flexibility index (Phi) is 7.00. The van der Waals surface area contributed by atoms with Gasteiger partial charge in [-0.3, -0.25) is 0 Å². The summed E-state index contributed by atoms with van der Waals surface area (Å²) in [6.45, 7) is 5.18. The van der Waals surface area contributed by atoms with E-state index >= 15 is 0 Å². The molecule has 0 radical (unpaired) electrons. The molecule has 2 heterocycles. The molecule has 0 saturated carbocycles. The zero-order valence-corrected chi connectivity index (χ0v) is 25.1. The fourth-order valence-electron chi connectivity index (χ4n) is 6.86. The maximum atomic E-state index is 13.3. The van der Waals surface area contributed by atoms with E-state index in [4.69, 9.17) is 0 Å². The number of carbonyl (C=O) groups is 1. The van der Waals surface area contributed by atoms with Gasteiger partial charge in [0.15, 0.2) is 0 Å². The number of amides is 1. The predicted octanol–water partition coefficient (Wildman–Crippen LogP) is 4.98. The zero-order valence-electron chi connectivity index (χ0n) is 22.2.